The molecular weight excluding hydrogens is 542 g/mol. The number of amidine groups is 1. The molecule has 0 aliphatic rings. The Balaban J connectivity index is 1.89. The van der Waals surface area contributed by atoms with E-state index in [4.69, 9.17) is 22.0 Å². The number of nitrogens with one attached hydrogen (secondary N) is 3. The highest BCUT2D eigenvalue weighted by Gasteiger charge is 2.23. The minimum atomic E-state index is -4.17. The molecule has 1 amide bonds. The number of carbonyl (C=O) groups excluding carboxylic acids is 1. The van der Waals surface area contributed by atoms with Crippen LogP contribution in [0.3, 0.4) is 0 Å². The summed E-state index contributed by atoms with van der Waals surface area (Å²) in [5.41, 5.74) is 12.6. The van der Waals surface area contributed by atoms with Crippen molar-refractivity contribution in [3.05, 3.63) is 59.7 Å². The van der Waals surface area contributed by atoms with E-state index in [1.54, 1.807) is 18.2 Å². The predicted octanol–water partition coefficient (Wildman–Crippen LogP) is 0.658. The fourth-order valence-electron chi connectivity index (χ4n) is 4.08. The number of rotatable bonds is 10. The molecular formula is C25H25N7O7S. The van der Waals surface area contributed by atoms with E-state index in [1.807, 2.05) is 0 Å². The molecule has 0 radical (unpaired) electrons. The Bertz CT molecular complexity index is 1780. The lowest BCUT2D eigenvalue weighted by atomic mass is 9.96. The number of aliphatic carboxylic acids is 1. The zero-order valence-corrected chi connectivity index (χ0v) is 21.5. The maximum Gasteiger partial charge on any atom is 0.321 e. The normalized spacial score (nSPS) is 12.3. The van der Waals surface area contributed by atoms with Crippen LogP contribution in [0, 0.1) is 5.41 Å². The number of primary sulfonamides is 1. The summed E-state index contributed by atoms with van der Waals surface area (Å²) in [5.74, 6) is -2.88. The van der Waals surface area contributed by atoms with Crippen molar-refractivity contribution in [2.45, 2.75) is 23.9 Å². The Kier molecular flexibility index (Phi) is 7.46. The molecule has 0 fully saturated rings. The Morgan fingerprint density at radius 2 is 1.73 bits per heavy atom. The Hall–Kier alpha value is -4.99. The Labute approximate surface area is 227 Å². The van der Waals surface area contributed by atoms with Crippen LogP contribution >= 0.6 is 0 Å². The number of phenols is 2. The van der Waals surface area contributed by atoms with Crippen LogP contribution in [0.2, 0.25) is 0 Å². The van der Waals surface area contributed by atoms with Crippen molar-refractivity contribution in [2.24, 2.45) is 16.6 Å². The molecule has 40 heavy (non-hydrogen) atoms. The molecule has 12 N–H and O–H groups in total. The lowest BCUT2D eigenvalue weighted by molar-refractivity contribution is -0.141. The molecule has 15 heteroatoms. The highest BCUT2D eigenvalue weighted by Crippen LogP contribution is 2.42. The van der Waals surface area contributed by atoms with Gasteiger partial charge in [0.25, 0.3) is 0 Å². The third kappa shape index (κ3) is 5.85. The van der Waals surface area contributed by atoms with Gasteiger partial charge in [-0.3, -0.25) is 20.3 Å². The van der Waals surface area contributed by atoms with Gasteiger partial charge in [-0.1, -0.05) is 0 Å². The molecule has 1 atom stereocenters. The first kappa shape index (κ1) is 28.0. The standard InChI is InChI=1S/C25H25N7O7S/c26-21(34)9-19(25(36)37)30-10-11-5-15(14-8-13(40(29,38)39)2-4-20(14)33)22(35)16(6-11)24-31-17-3-1-12(23(27)28)7-18(17)32-24/h1-8,19,30,33,35H,9-10H2,(H2,26,34)(H3,27,28)(H,31,32)(H,36,37)(H2,29,38,39). The van der Waals surface area contributed by atoms with Crippen LogP contribution < -0.4 is 21.9 Å². The first-order chi connectivity index (χ1) is 18.7. The van der Waals surface area contributed by atoms with E-state index in [9.17, 15) is 33.3 Å². The third-order valence-corrected chi connectivity index (χ3v) is 6.97. The maximum absolute atomic E-state index is 12.0. The molecule has 0 saturated carbocycles. The Morgan fingerprint density at radius 3 is 2.35 bits per heavy atom. The molecule has 0 bridgehead atoms. The van der Waals surface area contributed by atoms with Gasteiger partial charge < -0.3 is 31.8 Å². The van der Waals surface area contributed by atoms with Crippen LogP contribution in [-0.4, -0.2) is 57.5 Å². The van der Waals surface area contributed by atoms with Crippen LogP contribution in [0.25, 0.3) is 33.5 Å². The van der Waals surface area contributed by atoms with Crippen molar-refractivity contribution in [1.82, 2.24) is 15.3 Å². The largest absolute Gasteiger partial charge is 0.507 e. The zero-order valence-electron chi connectivity index (χ0n) is 20.7. The van der Waals surface area contributed by atoms with Crippen LogP contribution in [0.1, 0.15) is 17.5 Å². The molecule has 0 spiro atoms. The molecule has 1 heterocycles. The van der Waals surface area contributed by atoms with Crippen molar-refractivity contribution in [1.29, 1.82) is 5.41 Å². The Morgan fingerprint density at radius 1 is 1.02 bits per heavy atom. The number of aromatic nitrogens is 2. The van der Waals surface area contributed by atoms with Crippen LogP contribution in [-0.2, 0) is 26.2 Å². The summed E-state index contributed by atoms with van der Waals surface area (Å²) in [6, 6.07) is 9.72. The number of sulfonamides is 1. The molecule has 14 nitrogen and oxygen atoms in total. The van der Waals surface area contributed by atoms with Gasteiger partial charge in [0.2, 0.25) is 15.9 Å². The van der Waals surface area contributed by atoms with Gasteiger partial charge in [0, 0.05) is 23.2 Å². The maximum atomic E-state index is 12.0. The topological polar surface area (TPSA) is 272 Å². The smallest absolute Gasteiger partial charge is 0.321 e. The second-order valence-electron chi connectivity index (χ2n) is 8.94. The van der Waals surface area contributed by atoms with E-state index in [0.29, 0.717) is 22.2 Å². The quantitative estimate of drug-likeness (QED) is 0.0953. The number of carboxylic acids is 1. The molecule has 4 rings (SSSR count). The number of primary amides is 1. The van der Waals surface area contributed by atoms with E-state index in [0.717, 1.165) is 18.2 Å². The fourth-order valence-corrected chi connectivity index (χ4v) is 4.62. The summed E-state index contributed by atoms with van der Waals surface area (Å²) in [6.45, 7) is -0.130. The lowest BCUT2D eigenvalue weighted by Gasteiger charge is -2.16. The van der Waals surface area contributed by atoms with Crippen LogP contribution in [0.5, 0.6) is 11.5 Å². The number of carbonyl (C=O) groups is 2. The van der Waals surface area contributed by atoms with E-state index in [2.05, 4.69) is 15.3 Å². The lowest BCUT2D eigenvalue weighted by Crippen LogP contribution is -2.39. The molecule has 4 aromatic rings. The van der Waals surface area contributed by atoms with Crippen molar-refractivity contribution in [3.8, 4) is 34.0 Å². The molecule has 0 aliphatic heterocycles. The van der Waals surface area contributed by atoms with Gasteiger partial charge in [0.15, 0.2) is 0 Å². The summed E-state index contributed by atoms with van der Waals surface area (Å²) >= 11 is 0. The van der Waals surface area contributed by atoms with E-state index in [-0.39, 0.29) is 51.3 Å². The van der Waals surface area contributed by atoms with Gasteiger partial charge in [-0.15, -0.1) is 0 Å². The number of hydrogen-bond donors (Lipinski definition) is 9. The summed E-state index contributed by atoms with van der Waals surface area (Å²) in [7, 11) is -4.17. The van der Waals surface area contributed by atoms with Crippen molar-refractivity contribution >= 4 is 38.8 Å². The number of hydrogen-bond acceptors (Lipinski definition) is 9. The van der Waals surface area contributed by atoms with Gasteiger partial charge in [-0.2, -0.15) is 0 Å². The number of H-pyrrole nitrogens is 1. The van der Waals surface area contributed by atoms with E-state index in [1.165, 1.54) is 12.1 Å². The number of benzene rings is 3. The number of nitrogens with zero attached hydrogens (tertiary/aromatic N) is 1. The molecule has 3 aromatic carbocycles. The average Bonchev–Trinajstić information content (AvgIpc) is 3.29. The number of fused-ring (bicyclic) bond motifs is 1. The average molecular weight is 568 g/mol. The minimum absolute atomic E-state index is 0.0102. The number of aromatic hydroxyl groups is 2. The number of phenolic OH excluding ortho intramolecular Hbond substituents is 2. The summed E-state index contributed by atoms with van der Waals surface area (Å²) in [4.78, 5) is 30.1. The molecule has 1 unspecified atom stereocenters. The van der Waals surface area contributed by atoms with Gasteiger partial charge in [0.1, 0.15) is 29.2 Å². The summed E-state index contributed by atoms with van der Waals surface area (Å²) in [6.07, 6.45) is -0.480. The fraction of sp³-hybridized carbons (Fsp3) is 0.120. The number of amides is 1. The molecule has 208 valence electrons. The van der Waals surface area contributed by atoms with E-state index >= 15 is 0 Å². The summed E-state index contributed by atoms with van der Waals surface area (Å²) in [5, 5.41) is 46.9. The van der Waals surface area contributed by atoms with Gasteiger partial charge in [-0.05, 0) is 54.1 Å². The van der Waals surface area contributed by atoms with Crippen molar-refractivity contribution in [2.75, 3.05) is 0 Å². The highest BCUT2D eigenvalue weighted by molar-refractivity contribution is 7.89. The van der Waals surface area contributed by atoms with Crippen LogP contribution in [0.4, 0.5) is 0 Å². The van der Waals surface area contributed by atoms with Crippen molar-refractivity contribution in [3.63, 3.8) is 0 Å². The number of nitrogen functional groups attached to an aromatic ring is 1. The first-order valence-electron chi connectivity index (χ1n) is 11.6. The van der Waals surface area contributed by atoms with Gasteiger partial charge in [-0.25, -0.2) is 18.5 Å². The number of aromatic amines is 1. The minimum Gasteiger partial charge on any atom is -0.507 e. The monoisotopic (exact) mass is 567 g/mol. The van der Waals surface area contributed by atoms with Crippen molar-refractivity contribution < 1.29 is 33.3 Å². The molecule has 0 saturated heterocycles. The second kappa shape index (κ2) is 10.6. The zero-order chi connectivity index (χ0) is 29.4. The summed E-state index contributed by atoms with van der Waals surface area (Å²) < 4.78 is 23.9. The van der Waals surface area contributed by atoms with Crippen LogP contribution in [0.15, 0.2) is 53.4 Å². The van der Waals surface area contributed by atoms with Gasteiger partial charge >= 0.3 is 5.97 Å². The van der Waals surface area contributed by atoms with Gasteiger partial charge in [0.05, 0.1) is 27.9 Å². The number of carboxylic acid groups (broad SMARTS) is 1. The number of imidazole rings is 1. The third-order valence-electron chi connectivity index (χ3n) is 6.06. The molecule has 0 aliphatic carbocycles. The highest BCUT2D eigenvalue weighted by atomic mass is 32.2. The molecule has 1 aromatic heterocycles. The second-order valence-corrected chi connectivity index (χ2v) is 10.5. The number of nitrogens with two attached hydrogens (primary N) is 3. The predicted molar refractivity (Wildman–Crippen MR) is 145 cm³/mol. The van der Waals surface area contributed by atoms with E-state index < -0.39 is 34.4 Å². The SMILES string of the molecule is N=C(N)c1ccc2nc(-c3cc(CNC(CC(N)=O)C(=O)O)cc(-c4cc(S(N)(=O)=O)ccc4O)c3O)[nH]c2c1. The first-order valence-corrected chi connectivity index (χ1v) is 13.1.